The maximum atomic E-state index is 13.6. The van der Waals surface area contributed by atoms with Gasteiger partial charge in [0.05, 0.1) is 20.3 Å². The topological polar surface area (TPSA) is 121 Å². The SMILES string of the molecule is CCCC[C@@H](C(=O)NC(C)(C)C)N(C[C@H]1CCCO1)C(=O)Cn1nnc(-c2ccc(OC)c(OC)c2)n1. The van der Waals surface area contributed by atoms with Gasteiger partial charge in [-0.3, -0.25) is 9.59 Å². The van der Waals surface area contributed by atoms with Gasteiger partial charge in [-0.1, -0.05) is 19.8 Å². The van der Waals surface area contributed by atoms with Crippen LogP contribution in [-0.4, -0.2) is 82.0 Å². The normalized spacial score (nSPS) is 16.3. The molecule has 0 aliphatic carbocycles. The molecule has 2 atom stereocenters. The second-order valence-corrected chi connectivity index (χ2v) is 10.3. The number of methoxy groups -OCH3 is 2. The Hall–Kier alpha value is -3.21. The number of nitrogens with one attached hydrogen (secondary N) is 1. The number of hydrogen-bond donors (Lipinski definition) is 1. The Morgan fingerprint density at radius 2 is 2.00 bits per heavy atom. The van der Waals surface area contributed by atoms with Gasteiger partial charge in [0.15, 0.2) is 11.5 Å². The number of unbranched alkanes of at least 4 members (excludes halogenated alkanes) is 1. The molecule has 11 nitrogen and oxygen atoms in total. The Labute approximate surface area is 218 Å². The number of hydrogen-bond acceptors (Lipinski definition) is 8. The molecule has 37 heavy (non-hydrogen) atoms. The van der Waals surface area contributed by atoms with Crippen molar-refractivity contribution in [3.63, 3.8) is 0 Å². The van der Waals surface area contributed by atoms with Crippen LogP contribution < -0.4 is 14.8 Å². The number of tetrazole rings is 1. The van der Waals surface area contributed by atoms with Crippen LogP contribution in [0.25, 0.3) is 11.4 Å². The summed E-state index contributed by atoms with van der Waals surface area (Å²) in [7, 11) is 3.12. The molecule has 1 saturated heterocycles. The summed E-state index contributed by atoms with van der Waals surface area (Å²) in [5, 5.41) is 15.7. The highest BCUT2D eigenvalue weighted by molar-refractivity contribution is 5.88. The largest absolute Gasteiger partial charge is 0.493 e. The van der Waals surface area contributed by atoms with Gasteiger partial charge in [0, 0.05) is 24.3 Å². The highest BCUT2D eigenvalue weighted by atomic mass is 16.5. The van der Waals surface area contributed by atoms with Gasteiger partial charge in [-0.25, -0.2) is 0 Å². The lowest BCUT2D eigenvalue weighted by atomic mass is 10.0. The molecule has 0 unspecified atom stereocenters. The standard InChI is InChI=1S/C26H40N6O5/c1-7-8-11-20(25(34)27-26(2,3)4)31(16-19-10-9-14-37-19)23(33)17-32-29-24(28-30-32)18-12-13-21(35-5)22(15-18)36-6/h12-13,15,19-20H,7-11,14,16-17H2,1-6H3,(H,27,34)/t19-,20+/m1/s1. The van der Waals surface area contributed by atoms with Crippen LogP contribution in [0.4, 0.5) is 0 Å². The maximum absolute atomic E-state index is 13.6. The molecule has 2 aromatic rings. The van der Waals surface area contributed by atoms with Crippen molar-refractivity contribution < 1.29 is 23.8 Å². The third-order valence-electron chi connectivity index (χ3n) is 6.12. The summed E-state index contributed by atoms with van der Waals surface area (Å²) >= 11 is 0. The van der Waals surface area contributed by atoms with E-state index in [9.17, 15) is 9.59 Å². The van der Waals surface area contributed by atoms with E-state index in [4.69, 9.17) is 14.2 Å². The van der Waals surface area contributed by atoms with Crippen LogP contribution in [0, 0.1) is 0 Å². The molecule has 1 aliphatic rings. The molecule has 1 N–H and O–H groups in total. The monoisotopic (exact) mass is 516 g/mol. The number of aromatic nitrogens is 4. The molecule has 0 bridgehead atoms. The minimum absolute atomic E-state index is 0.0958. The number of rotatable bonds is 12. The zero-order valence-electron chi connectivity index (χ0n) is 22.8. The fraction of sp³-hybridized carbons (Fsp3) is 0.654. The molecule has 1 aliphatic heterocycles. The van der Waals surface area contributed by atoms with E-state index in [1.807, 2.05) is 20.8 Å². The molecule has 3 rings (SSSR count). The van der Waals surface area contributed by atoms with E-state index in [0.717, 1.165) is 25.7 Å². The van der Waals surface area contributed by atoms with Crippen LogP contribution >= 0.6 is 0 Å². The van der Waals surface area contributed by atoms with Gasteiger partial charge < -0.3 is 24.4 Å². The molecule has 2 heterocycles. The van der Waals surface area contributed by atoms with Crippen LogP contribution in [0.5, 0.6) is 11.5 Å². The first kappa shape index (κ1) is 28.4. The summed E-state index contributed by atoms with van der Waals surface area (Å²) in [4.78, 5) is 29.9. The average Bonchev–Trinajstić information content (AvgIpc) is 3.54. The lowest BCUT2D eigenvalue weighted by Crippen LogP contribution is -2.56. The molecule has 11 heteroatoms. The first-order valence-corrected chi connectivity index (χ1v) is 12.9. The van der Waals surface area contributed by atoms with E-state index in [-0.39, 0.29) is 24.5 Å². The van der Waals surface area contributed by atoms with Gasteiger partial charge in [-0.15, -0.1) is 10.2 Å². The lowest BCUT2D eigenvalue weighted by Gasteiger charge is -2.34. The minimum Gasteiger partial charge on any atom is -0.493 e. The molecular formula is C26H40N6O5. The van der Waals surface area contributed by atoms with Gasteiger partial charge in [0.25, 0.3) is 0 Å². The Morgan fingerprint density at radius 1 is 1.24 bits per heavy atom. The van der Waals surface area contributed by atoms with Gasteiger partial charge >= 0.3 is 0 Å². The number of ether oxygens (including phenoxy) is 3. The zero-order chi connectivity index (χ0) is 27.0. The van der Waals surface area contributed by atoms with E-state index in [1.165, 1.54) is 4.80 Å². The van der Waals surface area contributed by atoms with E-state index >= 15 is 0 Å². The van der Waals surface area contributed by atoms with E-state index in [1.54, 1.807) is 37.3 Å². The molecule has 1 aromatic carbocycles. The van der Waals surface area contributed by atoms with Crippen molar-refractivity contribution in [2.24, 2.45) is 0 Å². The Morgan fingerprint density at radius 3 is 2.62 bits per heavy atom. The number of carbonyl (C=O) groups is 2. The first-order valence-electron chi connectivity index (χ1n) is 12.9. The van der Waals surface area contributed by atoms with Gasteiger partial charge in [0.1, 0.15) is 12.6 Å². The first-order chi connectivity index (χ1) is 17.6. The van der Waals surface area contributed by atoms with E-state index in [0.29, 0.717) is 42.5 Å². The van der Waals surface area contributed by atoms with Crippen molar-refractivity contribution in [3.05, 3.63) is 18.2 Å². The average molecular weight is 517 g/mol. The Bertz CT molecular complexity index is 1040. The van der Waals surface area contributed by atoms with E-state index < -0.39 is 11.6 Å². The zero-order valence-corrected chi connectivity index (χ0v) is 22.8. The summed E-state index contributed by atoms with van der Waals surface area (Å²) in [5.74, 6) is 1.07. The third kappa shape index (κ3) is 7.88. The van der Waals surface area contributed by atoms with Crippen LogP contribution in [-0.2, 0) is 20.9 Å². The predicted molar refractivity (Wildman–Crippen MR) is 138 cm³/mol. The molecule has 2 amide bonds. The summed E-state index contributed by atoms with van der Waals surface area (Å²) < 4.78 is 16.5. The summed E-state index contributed by atoms with van der Waals surface area (Å²) in [5.41, 5.74) is 0.264. The second-order valence-electron chi connectivity index (χ2n) is 10.3. The van der Waals surface area contributed by atoms with Gasteiger partial charge in [0.2, 0.25) is 17.6 Å². The van der Waals surface area contributed by atoms with Crippen LogP contribution in [0.15, 0.2) is 18.2 Å². The molecule has 0 saturated carbocycles. The highest BCUT2D eigenvalue weighted by Gasteiger charge is 2.34. The van der Waals surface area contributed by atoms with Crippen LogP contribution in [0.3, 0.4) is 0 Å². The maximum Gasteiger partial charge on any atom is 0.247 e. The van der Waals surface area contributed by atoms with Gasteiger partial charge in [-0.05, 0) is 63.4 Å². The molecule has 0 spiro atoms. The van der Waals surface area contributed by atoms with Crippen LogP contribution in [0.1, 0.15) is 59.8 Å². The Balaban J connectivity index is 1.83. The number of amides is 2. The number of carbonyl (C=O) groups excluding carboxylic acids is 2. The lowest BCUT2D eigenvalue weighted by molar-refractivity contribution is -0.144. The van der Waals surface area contributed by atoms with Crippen molar-refractivity contribution in [1.29, 1.82) is 0 Å². The fourth-order valence-electron chi connectivity index (χ4n) is 4.30. The number of benzene rings is 1. The van der Waals surface area contributed by atoms with E-state index in [2.05, 4.69) is 27.7 Å². The fourth-order valence-corrected chi connectivity index (χ4v) is 4.30. The van der Waals surface area contributed by atoms with Crippen molar-refractivity contribution in [3.8, 4) is 22.9 Å². The smallest absolute Gasteiger partial charge is 0.247 e. The predicted octanol–water partition coefficient (Wildman–Crippen LogP) is 2.84. The summed E-state index contributed by atoms with van der Waals surface area (Å²) in [6, 6.07) is 4.70. The van der Waals surface area contributed by atoms with Crippen molar-refractivity contribution in [1.82, 2.24) is 30.4 Å². The molecule has 0 radical (unpaired) electrons. The molecule has 1 fully saturated rings. The summed E-state index contributed by atoms with van der Waals surface area (Å²) in [6.07, 6.45) is 4.01. The quantitative estimate of drug-likeness (QED) is 0.457. The highest BCUT2D eigenvalue weighted by Crippen LogP contribution is 2.30. The Kier molecular flexibility index (Phi) is 9.85. The van der Waals surface area contributed by atoms with Crippen molar-refractivity contribution >= 4 is 11.8 Å². The minimum atomic E-state index is -0.607. The molecule has 204 valence electrons. The summed E-state index contributed by atoms with van der Waals surface area (Å²) in [6.45, 7) is 8.75. The second kappa shape index (κ2) is 12.8. The third-order valence-corrected chi connectivity index (χ3v) is 6.12. The van der Waals surface area contributed by atoms with Gasteiger partial charge in [-0.2, -0.15) is 4.80 Å². The molecule has 1 aromatic heterocycles. The van der Waals surface area contributed by atoms with Crippen molar-refractivity contribution in [2.75, 3.05) is 27.4 Å². The number of nitrogens with zero attached hydrogens (tertiary/aromatic N) is 5. The van der Waals surface area contributed by atoms with Crippen LogP contribution in [0.2, 0.25) is 0 Å². The molecular weight excluding hydrogens is 476 g/mol. The van der Waals surface area contributed by atoms with Crippen molar-refractivity contribution in [2.45, 2.75) is 84.0 Å².